The van der Waals surface area contributed by atoms with Gasteiger partial charge in [-0.3, -0.25) is 10.1 Å². The Morgan fingerprint density at radius 2 is 2.11 bits per heavy atom. The van der Waals surface area contributed by atoms with Crippen LogP contribution in [-0.4, -0.2) is 27.1 Å². The minimum Gasteiger partial charge on any atom is -0.480 e. The van der Waals surface area contributed by atoms with Crippen molar-refractivity contribution in [2.45, 2.75) is 18.5 Å². The van der Waals surface area contributed by atoms with Crippen LogP contribution in [0.4, 0.5) is 0 Å². The monoisotopic (exact) mass is 321 g/mol. The summed E-state index contributed by atoms with van der Waals surface area (Å²) in [6.07, 6.45) is 2.04. The first-order chi connectivity index (χ1) is 9.15. The third kappa shape index (κ3) is 2.29. The Labute approximate surface area is 118 Å². The minimum atomic E-state index is -0.845. The largest absolute Gasteiger partial charge is 0.480 e. The number of halogens is 1. The van der Waals surface area contributed by atoms with E-state index in [1.807, 2.05) is 24.3 Å². The zero-order valence-electron chi connectivity index (χ0n) is 9.93. The van der Waals surface area contributed by atoms with Crippen LogP contribution in [0.5, 0.6) is 0 Å². The van der Waals surface area contributed by atoms with E-state index in [9.17, 15) is 9.90 Å². The van der Waals surface area contributed by atoms with Crippen LogP contribution in [0.25, 0.3) is 0 Å². The van der Waals surface area contributed by atoms with E-state index in [0.717, 1.165) is 21.4 Å². The summed E-state index contributed by atoms with van der Waals surface area (Å²) in [6.45, 7) is 0. The van der Waals surface area contributed by atoms with Gasteiger partial charge in [-0.15, -0.1) is 0 Å². The maximum absolute atomic E-state index is 11.2. The standard InChI is InChI=1S/C13H12BrN3O2/c14-8-3-1-7(2-4-8)11-12-9(15-6-16-12)5-10(17-11)13(18)19/h1-4,6,10-11,17H,5H2,(H,15,16)(H,18,19)/t10-,11+/m1/s1. The fourth-order valence-electron chi connectivity index (χ4n) is 2.35. The molecule has 1 aliphatic rings. The molecule has 0 bridgehead atoms. The van der Waals surface area contributed by atoms with Gasteiger partial charge in [0.15, 0.2) is 0 Å². The molecule has 0 saturated carbocycles. The van der Waals surface area contributed by atoms with Gasteiger partial charge in [0.2, 0.25) is 0 Å². The first-order valence-electron chi connectivity index (χ1n) is 5.91. The number of H-pyrrole nitrogens is 1. The Hall–Kier alpha value is -1.66. The summed E-state index contributed by atoms with van der Waals surface area (Å²) in [6, 6.07) is 7.02. The number of aromatic amines is 1. The highest BCUT2D eigenvalue weighted by atomic mass is 79.9. The second-order valence-electron chi connectivity index (χ2n) is 4.51. The van der Waals surface area contributed by atoms with E-state index in [-0.39, 0.29) is 6.04 Å². The molecule has 2 heterocycles. The van der Waals surface area contributed by atoms with Crippen molar-refractivity contribution in [3.63, 3.8) is 0 Å². The van der Waals surface area contributed by atoms with E-state index in [4.69, 9.17) is 0 Å². The molecular weight excluding hydrogens is 310 g/mol. The van der Waals surface area contributed by atoms with Gasteiger partial charge in [0.1, 0.15) is 6.04 Å². The van der Waals surface area contributed by atoms with Gasteiger partial charge in [-0.25, -0.2) is 4.98 Å². The lowest BCUT2D eigenvalue weighted by Gasteiger charge is -2.28. The number of imidazole rings is 1. The Morgan fingerprint density at radius 3 is 2.79 bits per heavy atom. The van der Waals surface area contributed by atoms with Crippen LogP contribution in [0.3, 0.4) is 0 Å². The maximum Gasteiger partial charge on any atom is 0.321 e. The lowest BCUT2D eigenvalue weighted by molar-refractivity contribution is -0.139. The van der Waals surface area contributed by atoms with Gasteiger partial charge in [-0.05, 0) is 17.7 Å². The molecule has 2 aromatic rings. The molecule has 0 radical (unpaired) electrons. The molecular formula is C13H12BrN3O2. The number of benzene rings is 1. The van der Waals surface area contributed by atoms with Gasteiger partial charge in [-0.2, -0.15) is 0 Å². The summed E-state index contributed by atoms with van der Waals surface area (Å²) in [5.74, 6) is -0.845. The van der Waals surface area contributed by atoms with Crippen molar-refractivity contribution >= 4 is 21.9 Å². The topological polar surface area (TPSA) is 78.0 Å². The van der Waals surface area contributed by atoms with Gasteiger partial charge in [0.25, 0.3) is 0 Å². The van der Waals surface area contributed by atoms with Gasteiger partial charge in [-0.1, -0.05) is 28.1 Å². The van der Waals surface area contributed by atoms with E-state index in [1.54, 1.807) is 6.33 Å². The number of aliphatic carboxylic acids is 1. The number of hydrogen-bond acceptors (Lipinski definition) is 3. The zero-order chi connectivity index (χ0) is 13.4. The normalized spacial score (nSPS) is 21.9. The summed E-state index contributed by atoms with van der Waals surface area (Å²) in [5.41, 5.74) is 2.77. The van der Waals surface area contributed by atoms with Crippen LogP contribution in [0, 0.1) is 0 Å². The Kier molecular flexibility index (Phi) is 3.12. The predicted molar refractivity (Wildman–Crippen MR) is 72.8 cm³/mol. The highest BCUT2D eigenvalue weighted by molar-refractivity contribution is 9.10. The van der Waals surface area contributed by atoms with Crippen molar-refractivity contribution in [1.82, 2.24) is 15.3 Å². The summed E-state index contributed by atoms with van der Waals surface area (Å²) >= 11 is 3.39. The summed E-state index contributed by atoms with van der Waals surface area (Å²) in [4.78, 5) is 18.6. The molecule has 0 unspecified atom stereocenters. The number of carboxylic acids is 1. The number of nitrogens with one attached hydrogen (secondary N) is 2. The Bertz CT molecular complexity index is 609. The van der Waals surface area contributed by atoms with Crippen LogP contribution in [0.1, 0.15) is 23.0 Å². The fraction of sp³-hybridized carbons (Fsp3) is 0.231. The molecule has 19 heavy (non-hydrogen) atoms. The van der Waals surface area contributed by atoms with Crippen molar-refractivity contribution in [3.05, 3.63) is 52.0 Å². The van der Waals surface area contributed by atoms with E-state index < -0.39 is 12.0 Å². The van der Waals surface area contributed by atoms with Gasteiger partial charge >= 0.3 is 5.97 Å². The Balaban J connectivity index is 2.00. The third-order valence-electron chi connectivity index (χ3n) is 3.30. The molecule has 3 N–H and O–H groups in total. The number of fused-ring (bicyclic) bond motifs is 1. The average molecular weight is 322 g/mol. The van der Waals surface area contributed by atoms with Crippen molar-refractivity contribution in [2.75, 3.05) is 0 Å². The van der Waals surface area contributed by atoms with Crippen LogP contribution in [0.2, 0.25) is 0 Å². The van der Waals surface area contributed by atoms with Crippen molar-refractivity contribution < 1.29 is 9.90 Å². The molecule has 98 valence electrons. The number of carboxylic acid groups (broad SMARTS) is 1. The second-order valence-corrected chi connectivity index (χ2v) is 5.43. The van der Waals surface area contributed by atoms with Crippen molar-refractivity contribution in [1.29, 1.82) is 0 Å². The van der Waals surface area contributed by atoms with Gasteiger partial charge < -0.3 is 10.1 Å². The highest BCUT2D eigenvalue weighted by Crippen LogP contribution is 2.29. The summed E-state index contributed by atoms with van der Waals surface area (Å²) < 4.78 is 0.990. The molecule has 2 atom stereocenters. The molecule has 0 saturated heterocycles. The van der Waals surface area contributed by atoms with E-state index in [2.05, 4.69) is 31.2 Å². The highest BCUT2D eigenvalue weighted by Gasteiger charge is 2.32. The molecule has 0 aliphatic carbocycles. The van der Waals surface area contributed by atoms with Crippen LogP contribution >= 0.6 is 15.9 Å². The molecule has 5 nitrogen and oxygen atoms in total. The molecule has 1 aliphatic heterocycles. The maximum atomic E-state index is 11.2. The second kappa shape index (κ2) is 4.79. The zero-order valence-corrected chi connectivity index (χ0v) is 11.5. The quantitative estimate of drug-likeness (QED) is 0.789. The minimum absolute atomic E-state index is 0.191. The van der Waals surface area contributed by atoms with E-state index in [1.165, 1.54) is 0 Å². The SMILES string of the molecule is O=C(O)[C@H]1Cc2[nH]cnc2[C@H](c2ccc(Br)cc2)N1. The molecule has 0 fully saturated rings. The Morgan fingerprint density at radius 1 is 1.37 bits per heavy atom. The first-order valence-corrected chi connectivity index (χ1v) is 6.71. The predicted octanol–water partition coefficient (Wildman–Crippen LogP) is 1.86. The lowest BCUT2D eigenvalue weighted by atomic mass is 9.94. The molecule has 1 aromatic heterocycles. The van der Waals surface area contributed by atoms with Crippen LogP contribution < -0.4 is 5.32 Å². The average Bonchev–Trinajstić information content (AvgIpc) is 2.86. The smallest absolute Gasteiger partial charge is 0.321 e. The number of hydrogen-bond donors (Lipinski definition) is 3. The summed E-state index contributed by atoms with van der Waals surface area (Å²) in [5, 5.41) is 12.3. The number of aromatic nitrogens is 2. The molecule has 1 aromatic carbocycles. The molecule has 0 amide bonds. The number of rotatable bonds is 2. The van der Waals surface area contributed by atoms with Crippen molar-refractivity contribution in [2.24, 2.45) is 0 Å². The number of nitrogens with zero attached hydrogens (tertiary/aromatic N) is 1. The van der Waals surface area contributed by atoms with Crippen LogP contribution in [-0.2, 0) is 11.2 Å². The first kappa shape index (κ1) is 12.4. The lowest BCUT2D eigenvalue weighted by Crippen LogP contribution is -2.45. The van der Waals surface area contributed by atoms with Gasteiger partial charge in [0.05, 0.1) is 18.1 Å². The number of carbonyl (C=O) groups is 1. The van der Waals surface area contributed by atoms with Crippen molar-refractivity contribution in [3.8, 4) is 0 Å². The fourth-order valence-corrected chi connectivity index (χ4v) is 2.62. The summed E-state index contributed by atoms with van der Waals surface area (Å²) in [7, 11) is 0. The molecule has 0 spiro atoms. The van der Waals surface area contributed by atoms with E-state index >= 15 is 0 Å². The molecule has 3 rings (SSSR count). The third-order valence-corrected chi connectivity index (χ3v) is 3.83. The molecule has 6 heteroatoms. The van der Waals surface area contributed by atoms with Gasteiger partial charge in [0, 0.05) is 16.6 Å². The van der Waals surface area contributed by atoms with E-state index in [0.29, 0.717) is 6.42 Å². The van der Waals surface area contributed by atoms with Crippen LogP contribution in [0.15, 0.2) is 35.1 Å².